The van der Waals surface area contributed by atoms with E-state index in [1.165, 1.54) is 5.56 Å². The summed E-state index contributed by atoms with van der Waals surface area (Å²) < 4.78 is 30.7. The van der Waals surface area contributed by atoms with Crippen molar-refractivity contribution in [3.63, 3.8) is 0 Å². The monoisotopic (exact) mass is 379 g/mol. The number of benzene rings is 1. The summed E-state index contributed by atoms with van der Waals surface area (Å²) in [6.45, 7) is 4.78. The second-order valence-corrected chi connectivity index (χ2v) is 7.76. The molecule has 0 fully saturated rings. The molecule has 0 aliphatic carbocycles. The molecule has 0 radical (unpaired) electrons. The van der Waals surface area contributed by atoms with E-state index >= 15 is 0 Å². The third kappa shape index (κ3) is 6.16. The Morgan fingerprint density at radius 1 is 1.19 bits per heavy atom. The molecule has 0 unspecified atom stereocenters. The Morgan fingerprint density at radius 3 is 2.58 bits per heavy atom. The highest BCUT2D eigenvalue weighted by Crippen LogP contribution is 2.18. The van der Waals surface area contributed by atoms with Gasteiger partial charge in [-0.15, -0.1) is 0 Å². The van der Waals surface area contributed by atoms with E-state index in [9.17, 15) is 8.42 Å². The van der Waals surface area contributed by atoms with Crippen LogP contribution in [0.25, 0.3) is 11.5 Å². The molecule has 2 rings (SSSR count). The average Bonchev–Trinajstić information content (AvgIpc) is 3.10. The molecule has 9 heteroatoms. The molecule has 0 saturated carbocycles. The number of hydrogen-bond acceptors (Lipinski definition) is 5. The van der Waals surface area contributed by atoms with Crippen LogP contribution >= 0.6 is 0 Å². The lowest BCUT2D eigenvalue weighted by molar-refractivity contribution is 0.572. The lowest BCUT2D eigenvalue weighted by Crippen LogP contribution is -2.41. The minimum absolute atomic E-state index is 0.0649. The number of rotatable bonds is 8. The van der Waals surface area contributed by atoms with Gasteiger partial charge in [0.15, 0.2) is 5.96 Å². The smallest absolute Gasteiger partial charge is 0.226 e. The van der Waals surface area contributed by atoms with E-state index in [4.69, 9.17) is 4.42 Å². The molecule has 0 atom stereocenters. The van der Waals surface area contributed by atoms with Gasteiger partial charge in [0, 0.05) is 25.7 Å². The predicted octanol–water partition coefficient (Wildman–Crippen LogP) is 1.25. The lowest BCUT2D eigenvalue weighted by Gasteiger charge is -2.11. The average molecular weight is 379 g/mol. The first kappa shape index (κ1) is 19.9. The number of aliphatic imine (C=N–C) groups is 1. The molecule has 0 aliphatic rings. The van der Waals surface area contributed by atoms with Crippen LogP contribution in [-0.2, 0) is 16.6 Å². The molecule has 1 heterocycles. The predicted molar refractivity (Wildman–Crippen MR) is 102 cm³/mol. The second-order valence-electron chi connectivity index (χ2n) is 5.66. The second kappa shape index (κ2) is 9.35. The molecule has 142 valence electrons. The summed E-state index contributed by atoms with van der Waals surface area (Å²) >= 11 is 0. The van der Waals surface area contributed by atoms with Crippen molar-refractivity contribution in [2.75, 3.05) is 25.9 Å². The zero-order chi connectivity index (χ0) is 19.0. The maximum absolute atomic E-state index is 11.4. The highest BCUT2D eigenvalue weighted by Gasteiger charge is 2.08. The summed E-state index contributed by atoms with van der Waals surface area (Å²) in [5.41, 5.74) is 2.85. The van der Waals surface area contributed by atoms with Gasteiger partial charge < -0.3 is 15.1 Å². The van der Waals surface area contributed by atoms with E-state index in [1.54, 1.807) is 20.2 Å². The van der Waals surface area contributed by atoms with Crippen LogP contribution in [0, 0.1) is 6.92 Å². The summed E-state index contributed by atoms with van der Waals surface area (Å²) in [5, 5.41) is 6.15. The Balaban J connectivity index is 1.81. The first-order valence-electron chi connectivity index (χ1n) is 8.37. The summed E-state index contributed by atoms with van der Waals surface area (Å²) in [5.74, 6) is 1.19. The zero-order valence-electron chi connectivity index (χ0n) is 15.2. The van der Waals surface area contributed by atoms with Crippen LogP contribution in [0.1, 0.15) is 18.2 Å². The number of oxazole rings is 1. The van der Waals surface area contributed by atoms with E-state index in [1.807, 2.05) is 31.2 Å². The molecule has 0 spiro atoms. The number of nitrogens with zero attached hydrogens (tertiary/aromatic N) is 2. The Hall–Kier alpha value is -2.39. The third-order valence-corrected chi connectivity index (χ3v) is 5.03. The van der Waals surface area contributed by atoms with Gasteiger partial charge >= 0.3 is 0 Å². The number of nitrogens with one attached hydrogen (secondary N) is 3. The van der Waals surface area contributed by atoms with Gasteiger partial charge in [-0.05, 0) is 26.0 Å². The van der Waals surface area contributed by atoms with Gasteiger partial charge in [-0.25, -0.2) is 18.1 Å². The van der Waals surface area contributed by atoms with Crippen LogP contribution in [0.15, 0.2) is 39.9 Å². The molecule has 0 bridgehead atoms. The minimum Gasteiger partial charge on any atom is -0.444 e. The molecular weight excluding hydrogens is 354 g/mol. The summed E-state index contributed by atoms with van der Waals surface area (Å²) in [4.78, 5) is 8.54. The fourth-order valence-electron chi connectivity index (χ4n) is 2.10. The third-order valence-electron chi connectivity index (χ3n) is 3.63. The van der Waals surface area contributed by atoms with Gasteiger partial charge in [-0.1, -0.05) is 17.7 Å². The fourth-order valence-corrected chi connectivity index (χ4v) is 2.72. The number of guanidine groups is 1. The summed E-state index contributed by atoms with van der Waals surface area (Å²) in [6.07, 6.45) is 1.60. The normalized spacial score (nSPS) is 12.2. The summed E-state index contributed by atoms with van der Waals surface area (Å²) in [6, 6.07) is 7.96. The maximum atomic E-state index is 11.4. The van der Waals surface area contributed by atoms with Crippen LogP contribution in [0.5, 0.6) is 0 Å². The van der Waals surface area contributed by atoms with Crippen LogP contribution in [0.3, 0.4) is 0 Å². The van der Waals surface area contributed by atoms with E-state index < -0.39 is 10.0 Å². The molecule has 0 amide bonds. The van der Waals surface area contributed by atoms with Gasteiger partial charge in [-0.2, -0.15) is 0 Å². The van der Waals surface area contributed by atoms with Gasteiger partial charge in [0.25, 0.3) is 0 Å². The highest BCUT2D eigenvalue weighted by molar-refractivity contribution is 7.89. The molecule has 8 nitrogen and oxygen atoms in total. The van der Waals surface area contributed by atoms with Crippen LogP contribution in [0.4, 0.5) is 0 Å². The number of aromatic nitrogens is 1. The van der Waals surface area contributed by atoms with E-state index in [0.29, 0.717) is 31.5 Å². The molecule has 1 aromatic carbocycles. The Kier molecular flexibility index (Phi) is 7.16. The minimum atomic E-state index is -3.18. The molecule has 0 saturated heterocycles. The Bertz CT molecular complexity index is 828. The largest absolute Gasteiger partial charge is 0.444 e. The van der Waals surface area contributed by atoms with Crippen molar-refractivity contribution >= 4 is 16.0 Å². The molecule has 1 aromatic heterocycles. The fraction of sp³-hybridized carbons (Fsp3) is 0.412. The first-order chi connectivity index (χ1) is 12.4. The van der Waals surface area contributed by atoms with Crippen molar-refractivity contribution in [2.24, 2.45) is 4.99 Å². The van der Waals surface area contributed by atoms with Gasteiger partial charge in [0.2, 0.25) is 15.9 Å². The van der Waals surface area contributed by atoms with Gasteiger partial charge in [-0.3, -0.25) is 4.99 Å². The lowest BCUT2D eigenvalue weighted by atomic mass is 10.1. The highest BCUT2D eigenvalue weighted by atomic mass is 32.2. The zero-order valence-corrected chi connectivity index (χ0v) is 16.1. The first-order valence-corrected chi connectivity index (χ1v) is 10.0. The topological polar surface area (TPSA) is 109 Å². The standard InChI is InChI=1S/C17H25N5O3S/c1-4-26(23,24)21-10-9-19-17(18-3)20-11-15-12-25-16(22-15)14-7-5-13(2)6-8-14/h5-8,12,21H,4,9-11H2,1-3H3,(H2,18,19,20). The van der Waals surface area contributed by atoms with Crippen molar-refractivity contribution in [2.45, 2.75) is 20.4 Å². The van der Waals surface area contributed by atoms with Crippen molar-refractivity contribution in [3.8, 4) is 11.5 Å². The van der Waals surface area contributed by atoms with Gasteiger partial charge in [0.1, 0.15) is 6.26 Å². The molecular formula is C17H25N5O3S. The Morgan fingerprint density at radius 2 is 1.92 bits per heavy atom. The summed E-state index contributed by atoms with van der Waals surface area (Å²) in [7, 11) is -1.53. The molecule has 0 aliphatic heterocycles. The number of hydrogen-bond donors (Lipinski definition) is 3. The van der Waals surface area contributed by atoms with E-state index in [0.717, 1.165) is 11.3 Å². The maximum Gasteiger partial charge on any atom is 0.226 e. The van der Waals surface area contributed by atoms with E-state index in [2.05, 4.69) is 25.3 Å². The van der Waals surface area contributed by atoms with Crippen molar-refractivity contribution in [3.05, 3.63) is 41.8 Å². The molecule has 26 heavy (non-hydrogen) atoms. The van der Waals surface area contributed by atoms with E-state index in [-0.39, 0.29) is 5.75 Å². The molecule has 3 N–H and O–H groups in total. The van der Waals surface area contributed by atoms with Crippen LogP contribution < -0.4 is 15.4 Å². The SMILES string of the molecule is CCS(=O)(=O)NCCNC(=NC)NCc1coc(-c2ccc(C)cc2)n1. The van der Waals surface area contributed by atoms with Crippen LogP contribution in [0.2, 0.25) is 0 Å². The van der Waals surface area contributed by atoms with Crippen molar-refractivity contribution < 1.29 is 12.8 Å². The number of aryl methyl sites for hydroxylation is 1. The van der Waals surface area contributed by atoms with Crippen molar-refractivity contribution in [1.82, 2.24) is 20.3 Å². The number of sulfonamides is 1. The molecule has 2 aromatic rings. The van der Waals surface area contributed by atoms with Crippen LogP contribution in [-0.4, -0.2) is 45.3 Å². The van der Waals surface area contributed by atoms with Crippen molar-refractivity contribution in [1.29, 1.82) is 0 Å². The Labute approximate surface area is 154 Å². The van der Waals surface area contributed by atoms with Gasteiger partial charge in [0.05, 0.1) is 18.0 Å². The quantitative estimate of drug-likeness (QED) is 0.362.